The third-order valence-electron chi connectivity index (χ3n) is 3.24. The van der Waals surface area contributed by atoms with Crippen molar-refractivity contribution in [3.63, 3.8) is 0 Å². The molecule has 0 aliphatic rings. The first kappa shape index (κ1) is 15.2. The molecule has 1 aromatic carbocycles. The third-order valence-corrected chi connectivity index (χ3v) is 3.24. The summed E-state index contributed by atoms with van der Waals surface area (Å²) in [5.41, 5.74) is 6.69. The van der Waals surface area contributed by atoms with Crippen LogP contribution in [0.25, 0.3) is 0 Å². The van der Waals surface area contributed by atoms with Crippen molar-refractivity contribution < 1.29 is 4.79 Å². The van der Waals surface area contributed by atoms with Crippen molar-refractivity contribution in [2.45, 2.75) is 25.8 Å². The number of nitrogens with two attached hydrogens (primary N) is 1. The zero-order valence-electron chi connectivity index (χ0n) is 12.0. The molecule has 0 aliphatic heterocycles. The Morgan fingerprint density at radius 3 is 2.76 bits per heavy atom. The maximum Gasteiger partial charge on any atom is 0.223 e. The van der Waals surface area contributed by atoms with Gasteiger partial charge < -0.3 is 10.6 Å². The van der Waals surface area contributed by atoms with E-state index in [1.165, 1.54) is 6.33 Å². The quantitative estimate of drug-likeness (QED) is 0.761. The molecule has 1 amide bonds. The van der Waals surface area contributed by atoms with Crippen LogP contribution < -0.4 is 5.73 Å². The highest BCUT2D eigenvalue weighted by Gasteiger charge is 2.14. The van der Waals surface area contributed by atoms with E-state index in [1.807, 2.05) is 35.2 Å². The van der Waals surface area contributed by atoms with Gasteiger partial charge in [0.15, 0.2) is 0 Å². The van der Waals surface area contributed by atoms with Gasteiger partial charge in [-0.1, -0.05) is 30.3 Å². The van der Waals surface area contributed by atoms with E-state index in [2.05, 4.69) is 15.2 Å². The van der Waals surface area contributed by atoms with E-state index in [4.69, 9.17) is 5.73 Å². The number of benzene rings is 1. The SMILES string of the molecule is NCCCN(Cc1ccccc1)C(=O)CCc1ncn[nH]1. The van der Waals surface area contributed by atoms with Crippen molar-refractivity contribution >= 4 is 5.91 Å². The lowest BCUT2D eigenvalue weighted by Crippen LogP contribution is -2.32. The Morgan fingerprint density at radius 1 is 1.29 bits per heavy atom. The minimum absolute atomic E-state index is 0.115. The van der Waals surface area contributed by atoms with Gasteiger partial charge >= 0.3 is 0 Å². The van der Waals surface area contributed by atoms with E-state index in [0.29, 0.717) is 32.5 Å². The molecule has 0 saturated carbocycles. The van der Waals surface area contributed by atoms with E-state index in [-0.39, 0.29) is 5.91 Å². The van der Waals surface area contributed by atoms with E-state index in [1.54, 1.807) is 0 Å². The van der Waals surface area contributed by atoms with Crippen molar-refractivity contribution in [2.24, 2.45) is 5.73 Å². The number of aromatic amines is 1. The van der Waals surface area contributed by atoms with Crippen LogP contribution in [0.4, 0.5) is 0 Å². The molecule has 2 aromatic rings. The summed E-state index contributed by atoms with van der Waals surface area (Å²) in [4.78, 5) is 18.3. The van der Waals surface area contributed by atoms with Gasteiger partial charge in [-0.05, 0) is 18.5 Å². The van der Waals surface area contributed by atoms with Crippen LogP contribution in [-0.2, 0) is 17.8 Å². The zero-order chi connectivity index (χ0) is 14.9. The summed E-state index contributed by atoms with van der Waals surface area (Å²) in [7, 11) is 0. The molecule has 6 heteroatoms. The normalized spacial score (nSPS) is 10.5. The van der Waals surface area contributed by atoms with Gasteiger partial charge in [-0.25, -0.2) is 4.98 Å². The largest absolute Gasteiger partial charge is 0.338 e. The summed E-state index contributed by atoms with van der Waals surface area (Å²) >= 11 is 0. The van der Waals surface area contributed by atoms with Crippen molar-refractivity contribution in [3.05, 3.63) is 48.0 Å². The fourth-order valence-corrected chi connectivity index (χ4v) is 2.11. The summed E-state index contributed by atoms with van der Waals surface area (Å²) < 4.78 is 0. The highest BCUT2D eigenvalue weighted by molar-refractivity contribution is 5.76. The van der Waals surface area contributed by atoms with E-state index in [9.17, 15) is 4.79 Å². The highest BCUT2D eigenvalue weighted by Crippen LogP contribution is 2.08. The molecule has 112 valence electrons. The molecule has 21 heavy (non-hydrogen) atoms. The van der Waals surface area contributed by atoms with Crippen LogP contribution in [0.1, 0.15) is 24.2 Å². The molecule has 1 heterocycles. The van der Waals surface area contributed by atoms with Crippen molar-refractivity contribution in [3.8, 4) is 0 Å². The summed E-state index contributed by atoms with van der Waals surface area (Å²) in [6.07, 6.45) is 3.26. The maximum absolute atomic E-state index is 12.4. The van der Waals surface area contributed by atoms with Crippen molar-refractivity contribution in [2.75, 3.05) is 13.1 Å². The first-order valence-electron chi connectivity index (χ1n) is 7.15. The molecule has 0 spiro atoms. The standard InChI is InChI=1S/C15H21N5O/c16-9-4-10-20(11-13-5-2-1-3-6-13)15(21)8-7-14-17-12-18-19-14/h1-3,5-6,12H,4,7-11,16H2,(H,17,18,19). The van der Waals surface area contributed by atoms with Crippen molar-refractivity contribution in [1.82, 2.24) is 20.1 Å². The Labute approximate surface area is 124 Å². The number of aryl methyl sites for hydroxylation is 1. The number of hydrogen-bond donors (Lipinski definition) is 2. The molecule has 2 rings (SSSR count). The molecule has 0 saturated heterocycles. The van der Waals surface area contributed by atoms with Gasteiger partial charge in [0.1, 0.15) is 12.2 Å². The van der Waals surface area contributed by atoms with Crippen LogP contribution in [0.15, 0.2) is 36.7 Å². The first-order chi connectivity index (χ1) is 10.3. The molecule has 0 bridgehead atoms. The molecule has 0 radical (unpaired) electrons. The number of rotatable bonds is 8. The highest BCUT2D eigenvalue weighted by atomic mass is 16.2. The number of H-pyrrole nitrogens is 1. The molecular formula is C15H21N5O. The van der Waals surface area contributed by atoms with Crippen LogP contribution in [0.5, 0.6) is 0 Å². The fourth-order valence-electron chi connectivity index (χ4n) is 2.11. The van der Waals surface area contributed by atoms with Crippen LogP contribution in [0.3, 0.4) is 0 Å². The molecule has 0 aliphatic carbocycles. The van der Waals surface area contributed by atoms with Gasteiger partial charge in [-0.15, -0.1) is 0 Å². The second-order valence-electron chi connectivity index (χ2n) is 4.88. The van der Waals surface area contributed by atoms with Gasteiger partial charge in [0.25, 0.3) is 0 Å². The lowest BCUT2D eigenvalue weighted by molar-refractivity contribution is -0.131. The van der Waals surface area contributed by atoms with Crippen molar-refractivity contribution in [1.29, 1.82) is 0 Å². The molecule has 1 aromatic heterocycles. The zero-order valence-corrected chi connectivity index (χ0v) is 12.0. The molecular weight excluding hydrogens is 266 g/mol. The Morgan fingerprint density at radius 2 is 2.10 bits per heavy atom. The summed E-state index contributed by atoms with van der Waals surface area (Å²) in [6.45, 7) is 1.89. The van der Waals surface area contributed by atoms with E-state index >= 15 is 0 Å². The Bertz CT molecular complexity index is 526. The summed E-state index contributed by atoms with van der Waals surface area (Å²) in [6, 6.07) is 9.99. The number of aromatic nitrogens is 3. The average Bonchev–Trinajstić information content (AvgIpc) is 3.03. The smallest absolute Gasteiger partial charge is 0.223 e. The number of nitrogens with zero attached hydrogens (tertiary/aromatic N) is 3. The van der Waals surface area contributed by atoms with E-state index in [0.717, 1.165) is 17.8 Å². The number of nitrogens with one attached hydrogen (secondary N) is 1. The number of carbonyl (C=O) groups excluding carboxylic acids is 1. The van der Waals surface area contributed by atoms with Gasteiger partial charge in [-0.2, -0.15) is 5.10 Å². The third kappa shape index (κ3) is 5.00. The predicted octanol–water partition coefficient (Wildman–Crippen LogP) is 1.11. The Kier molecular flexibility index (Phi) is 5.90. The first-order valence-corrected chi connectivity index (χ1v) is 7.15. The molecule has 0 fully saturated rings. The van der Waals surface area contributed by atoms with Crippen LogP contribution >= 0.6 is 0 Å². The number of amides is 1. The van der Waals surface area contributed by atoms with Gasteiger partial charge in [0.05, 0.1) is 0 Å². The van der Waals surface area contributed by atoms with Crippen LogP contribution in [-0.4, -0.2) is 39.1 Å². The van der Waals surface area contributed by atoms with E-state index < -0.39 is 0 Å². The second-order valence-corrected chi connectivity index (χ2v) is 4.88. The lowest BCUT2D eigenvalue weighted by atomic mass is 10.2. The molecule has 6 nitrogen and oxygen atoms in total. The number of hydrogen-bond acceptors (Lipinski definition) is 4. The molecule has 3 N–H and O–H groups in total. The Balaban J connectivity index is 1.92. The number of carbonyl (C=O) groups is 1. The van der Waals surface area contributed by atoms with Gasteiger partial charge in [-0.3, -0.25) is 9.89 Å². The fraction of sp³-hybridized carbons (Fsp3) is 0.400. The maximum atomic E-state index is 12.4. The van der Waals surface area contributed by atoms with Crippen LogP contribution in [0.2, 0.25) is 0 Å². The summed E-state index contributed by atoms with van der Waals surface area (Å²) in [5, 5.41) is 6.56. The monoisotopic (exact) mass is 287 g/mol. The lowest BCUT2D eigenvalue weighted by Gasteiger charge is -2.22. The minimum Gasteiger partial charge on any atom is -0.338 e. The molecule has 0 atom stereocenters. The van der Waals surface area contributed by atoms with Gasteiger partial charge in [0.2, 0.25) is 5.91 Å². The molecule has 0 unspecified atom stereocenters. The minimum atomic E-state index is 0.115. The summed E-state index contributed by atoms with van der Waals surface area (Å²) in [5.74, 6) is 0.852. The second kappa shape index (κ2) is 8.16. The van der Waals surface area contributed by atoms with Crippen LogP contribution in [0, 0.1) is 0 Å². The Hall–Kier alpha value is -2.21. The average molecular weight is 287 g/mol. The van der Waals surface area contributed by atoms with Gasteiger partial charge in [0, 0.05) is 25.9 Å². The topological polar surface area (TPSA) is 87.9 Å². The predicted molar refractivity (Wildman–Crippen MR) is 80.2 cm³/mol.